The van der Waals surface area contributed by atoms with E-state index in [9.17, 15) is 4.79 Å². The highest BCUT2D eigenvalue weighted by Gasteiger charge is 2.21. The molecule has 2 heterocycles. The summed E-state index contributed by atoms with van der Waals surface area (Å²) in [5.41, 5.74) is 0.975. The molecule has 4 rings (SSSR count). The van der Waals surface area contributed by atoms with E-state index >= 15 is 0 Å². The maximum Gasteiger partial charge on any atom is 0.343 e. The Bertz CT molecular complexity index is 728. The van der Waals surface area contributed by atoms with Gasteiger partial charge in [-0.05, 0) is 30.5 Å². The maximum atomic E-state index is 12.1. The first-order valence-electron chi connectivity index (χ1n) is 7.85. The SMILES string of the molecule is O=c1[nH]nc(Cc2ccc3c(c2)OCO3)n1C1CCCCC1. The van der Waals surface area contributed by atoms with Crippen LogP contribution in [0.1, 0.15) is 49.5 Å². The summed E-state index contributed by atoms with van der Waals surface area (Å²) in [4.78, 5) is 12.1. The van der Waals surface area contributed by atoms with Crippen molar-refractivity contribution in [3.8, 4) is 11.5 Å². The Balaban J connectivity index is 1.62. The van der Waals surface area contributed by atoms with E-state index in [0.717, 1.165) is 35.7 Å². The molecule has 6 heteroatoms. The first kappa shape index (κ1) is 13.4. The molecule has 1 aromatic heterocycles. The second kappa shape index (κ2) is 5.51. The van der Waals surface area contributed by atoms with E-state index < -0.39 is 0 Å². The molecule has 1 aliphatic carbocycles. The van der Waals surface area contributed by atoms with Gasteiger partial charge in [0.05, 0.1) is 0 Å². The Hall–Kier alpha value is -2.24. The van der Waals surface area contributed by atoms with Gasteiger partial charge in [0.2, 0.25) is 6.79 Å². The van der Waals surface area contributed by atoms with Gasteiger partial charge in [-0.3, -0.25) is 4.57 Å². The van der Waals surface area contributed by atoms with Gasteiger partial charge in [-0.1, -0.05) is 25.3 Å². The number of hydrogen-bond donors (Lipinski definition) is 1. The second-order valence-electron chi connectivity index (χ2n) is 5.97. The number of aromatic nitrogens is 3. The van der Waals surface area contributed by atoms with Crippen LogP contribution < -0.4 is 15.2 Å². The smallest absolute Gasteiger partial charge is 0.343 e. The number of fused-ring (bicyclic) bond motifs is 1. The number of rotatable bonds is 3. The van der Waals surface area contributed by atoms with Crippen molar-refractivity contribution in [3.05, 3.63) is 40.1 Å². The fraction of sp³-hybridized carbons (Fsp3) is 0.500. The molecule has 2 aliphatic rings. The van der Waals surface area contributed by atoms with Crippen molar-refractivity contribution >= 4 is 0 Å². The Morgan fingerprint density at radius 3 is 2.86 bits per heavy atom. The summed E-state index contributed by atoms with van der Waals surface area (Å²) in [5.74, 6) is 2.34. The number of benzene rings is 1. The fourth-order valence-electron chi connectivity index (χ4n) is 3.41. The summed E-state index contributed by atoms with van der Waals surface area (Å²) < 4.78 is 12.6. The zero-order valence-electron chi connectivity index (χ0n) is 12.4. The third-order valence-corrected chi connectivity index (χ3v) is 4.52. The minimum absolute atomic E-state index is 0.0948. The van der Waals surface area contributed by atoms with Crippen LogP contribution in [0.15, 0.2) is 23.0 Å². The highest BCUT2D eigenvalue weighted by Crippen LogP contribution is 2.33. The molecule has 0 radical (unpaired) electrons. The highest BCUT2D eigenvalue weighted by molar-refractivity contribution is 5.45. The van der Waals surface area contributed by atoms with Crippen LogP contribution in [0.25, 0.3) is 0 Å². The van der Waals surface area contributed by atoms with Crippen molar-refractivity contribution in [1.82, 2.24) is 14.8 Å². The van der Waals surface area contributed by atoms with E-state index in [2.05, 4.69) is 10.2 Å². The molecule has 0 spiro atoms. The predicted molar refractivity (Wildman–Crippen MR) is 80.3 cm³/mol. The molecule has 6 nitrogen and oxygen atoms in total. The standard InChI is InChI=1S/C16H19N3O3/c20-16-18-17-15(19(16)12-4-2-1-3-5-12)9-11-6-7-13-14(8-11)22-10-21-13/h6-8,12H,1-5,9-10H2,(H,18,20). The molecule has 1 saturated carbocycles. The predicted octanol–water partition coefficient (Wildman–Crippen LogP) is 2.40. The lowest BCUT2D eigenvalue weighted by Gasteiger charge is -2.23. The topological polar surface area (TPSA) is 69.1 Å². The summed E-state index contributed by atoms with van der Waals surface area (Å²) in [6, 6.07) is 6.15. The van der Waals surface area contributed by atoms with Gasteiger partial charge in [0, 0.05) is 12.5 Å². The van der Waals surface area contributed by atoms with Crippen molar-refractivity contribution in [3.63, 3.8) is 0 Å². The molecule has 0 bridgehead atoms. The number of nitrogens with one attached hydrogen (secondary N) is 1. The Morgan fingerprint density at radius 2 is 2.00 bits per heavy atom. The maximum absolute atomic E-state index is 12.1. The normalized spacial score (nSPS) is 17.8. The number of H-pyrrole nitrogens is 1. The number of nitrogens with zero attached hydrogens (tertiary/aromatic N) is 2. The average molecular weight is 301 g/mol. The van der Waals surface area contributed by atoms with Crippen LogP contribution in [0.3, 0.4) is 0 Å². The molecular formula is C16H19N3O3. The summed E-state index contributed by atoms with van der Waals surface area (Å²) in [6.07, 6.45) is 6.38. The van der Waals surface area contributed by atoms with Crippen LogP contribution in [-0.4, -0.2) is 21.6 Å². The van der Waals surface area contributed by atoms with Gasteiger partial charge in [-0.2, -0.15) is 5.10 Å². The molecule has 2 aromatic rings. The average Bonchev–Trinajstić information content (AvgIpc) is 3.14. The number of hydrogen-bond acceptors (Lipinski definition) is 4. The second-order valence-corrected chi connectivity index (χ2v) is 5.97. The van der Waals surface area contributed by atoms with Crippen LogP contribution >= 0.6 is 0 Å². The zero-order valence-corrected chi connectivity index (χ0v) is 12.4. The monoisotopic (exact) mass is 301 g/mol. The Morgan fingerprint density at radius 1 is 1.18 bits per heavy atom. The highest BCUT2D eigenvalue weighted by atomic mass is 16.7. The van der Waals surface area contributed by atoms with Gasteiger partial charge < -0.3 is 9.47 Å². The van der Waals surface area contributed by atoms with Crippen LogP contribution in [-0.2, 0) is 6.42 Å². The summed E-state index contributed by atoms with van der Waals surface area (Å²) in [5, 5.41) is 6.84. The third kappa shape index (κ3) is 2.38. The fourth-order valence-corrected chi connectivity index (χ4v) is 3.41. The van der Waals surface area contributed by atoms with Gasteiger partial charge in [0.1, 0.15) is 5.82 Å². The third-order valence-electron chi connectivity index (χ3n) is 4.52. The van der Waals surface area contributed by atoms with E-state index in [1.807, 2.05) is 22.8 Å². The van der Waals surface area contributed by atoms with Crippen LogP contribution in [0.4, 0.5) is 0 Å². The lowest BCUT2D eigenvalue weighted by Crippen LogP contribution is -2.26. The summed E-state index contributed by atoms with van der Waals surface area (Å²) >= 11 is 0. The minimum atomic E-state index is -0.0948. The molecular weight excluding hydrogens is 282 g/mol. The molecule has 0 unspecified atom stereocenters. The zero-order chi connectivity index (χ0) is 14.9. The Labute approximate surface area is 128 Å². The van der Waals surface area contributed by atoms with Gasteiger partial charge in [0.25, 0.3) is 0 Å². The van der Waals surface area contributed by atoms with E-state index in [1.54, 1.807) is 0 Å². The lowest BCUT2D eigenvalue weighted by atomic mass is 9.95. The molecule has 22 heavy (non-hydrogen) atoms. The van der Waals surface area contributed by atoms with Crippen molar-refractivity contribution in [1.29, 1.82) is 0 Å². The molecule has 0 atom stereocenters. The van der Waals surface area contributed by atoms with Gasteiger partial charge >= 0.3 is 5.69 Å². The van der Waals surface area contributed by atoms with Crippen molar-refractivity contribution in [2.24, 2.45) is 0 Å². The molecule has 1 fully saturated rings. The van der Waals surface area contributed by atoms with Crippen molar-refractivity contribution in [2.75, 3.05) is 6.79 Å². The lowest BCUT2D eigenvalue weighted by molar-refractivity contribution is 0.174. The Kier molecular flexibility index (Phi) is 3.36. The van der Waals surface area contributed by atoms with Crippen molar-refractivity contribution in [2.45, 2.75) is 44.6 Å². The van der Waals surface area contributed by atoms with Crippen molar-refractivity contribution < 1.29 is 9.47 Å². The molecule has 0 amide bonds. The number of aromatic amines is 1. The summed E-state index contributed by atoms with van der Waals surface area (Å²) in [7, 11) is 0. The van der Waals surface area contributed by atoms with E-state index in [0.29, 0.717) is 6.42 Å². The van der Waals surface area contributed by atoms with Gasteiger partial charge in [-0.25, -0.2) is 9.89 Å². The molecule has 1 aromatic carbocycles. The molecule has 1 N–H and O–H groups in total. The molecule has 116 valence electrons. The summed E-state index contributed by atoms with van der Waals surface area (Å²) in [6.45, 7) is 0.272. The first-order chi connectivity index (χ1) is 10.8. The van der Waals surface area contributed by atoms with Crippen LogP contribution in [0.2, 0.25) is 0 Å². The van der Waals surface area contributed by atoms with E-state index in [1.165, 1.54) is 19.3 Å². The van der Waals surface area contributed by atoms with Gasteiger partial charge in [0.15, 0.2) is 11.5 Å². The minimum Gasteiger partial charge on any atom is -0.454 e. The van der Waals surface area contributed by atoms with Crippen LogP contribution in [0.5, 0.6) is 11.5 Å². The van der Waals surface area contributed by atoms with E-state index in [4.69, 9.17) is 9.47 Å². The quantitative estimate of drug-likeness (QED) is 0.945. The molecule has 0 saturated heterocycles. The van der Waals surface area contributed by atoms with E-state index in [-0.39, 0.29) is 18.5 Å². The molecule has 1 aliphatic heterocycles. The van der Waals surface area contributed by atoms with Crippen LogP contribution in [0, 0.1) is 0 Å². The largest absolute Gasteiger partial charge is 0.454 e. The number of ether oxygens (including phenoxy) is 2. The van der Waals surface area contributed by atoms with Gasteiger partial charge in [-0.15, -0.1) is 0 Å². The first-order valence-corrected chi connectivity index (χ1v) is 7.85.